The van der Waals surface area contributed by atoms with E-state index in [1.165, 1.54) is 25.9 Å². The second kappa shape index (κ2) is 6.66. The molecule has 1 atom stereocenters. The maximum Gasteiger partial charge on any atom is -0.00181 e. The second-order valence-electron chi connectivity index (χ2n) is 3.35. The van der Waals surface area contributed by atoms with Gasteiger partial charge in [-0.25, -0.2) is 0 Å². The highest BCUT2D eigenvalue weighted by atomic mass is 14.9. The van der Waals surface area contributed by atoms with Crippen LogP contribution >= 0.6 is 0 Å². The fraction of sp³-hybridized carbons (Fsp3) is 1.00. The van der Waals surface area contributed by atoms with Crippen molar-refractivity contribution in [3.8, 4) is 0 Å². The molecule has 1 saturated heterocycles. The van der Waals surface area contributed by atoms with Crippen molar-refractivity contribution in [2.45, 2.75) is 40.5 Å². The lowest BCUT2D eigenvalue weighted by atomic mass is 9.89. The van der Waals surface area contributed by atoms with Crippen LogP contribution in [0.1, 0.15) is 40.5 Å². The summed E-state index contributed by atoms with van der Waals surface area (Å²) in [4.78, 5) is 0. The third kappa shape index (κ3) is 4.41. The first-order valence-electron chi connectivity index (χ1n) is 5.01. The van der Waals surface area contributed by atoms with Crippen molar-refractivity contribution in [2.24, 2.45) is 11.8 Å². The Morgan fingerprint density at radius 1 is 1.27 bits per heavy atom. The van der Waals surface area contributed by atoms with Crippen LogP contribution < -0.4 is 5.32 Å². The maximum absolute atomic E-state index is 3.42. The standard InChI is InChI=1S/C8H17N.C2H6/c1-7(2)8-4-3-5-9-6-8;1-2/h7-9H,3-6H2,1-2H3;1-2H3/t8-;/m0./s1. The summed E-state index contributed by atoms with van der Waals surface area (Å²) in [6, 6.07) is 0. The minimum atomic E-state index is 0.873. The molecule has 0 bridgehead atoms. The molecule has 11 heavy (non-hydrogen) atoms. The molecule has 1 rings (SSSR count). The van der Waals surface area contributed by atoms with Crippen LogP contribution in [0.4, 0.5) is 0 Å². The van der Waals surface area contributed by atoms with Gasteiger partial charge in [0.1, 0.15) is 0 Å². The zero-order chi connectivity index (χ0) is 8.69. The number of rotatable bonds is 1. The topological polar surface area (TPSA) is 12.0 Å². The smallest absolute Gasteiger partial charge is 0.00181 e. The summed E-state index contributed by atoms with van der Waals surface area (Å²) in [5, 5.41) is 3.42. The van der Waals surface area contributed by atoms with Crippen LogP contribution in [-0.4, -0.2) is 13.1 Å². The van der Waals surface area contributed by atoms with Crippen molar-refractivity contribution in [2.75, 3.05) is 13.1 Å². The Bertz CT molecular complexity index is 72.9. The van der Waals surface area contributed by atoms with Gasteiger partial charge in [-0.15, -0.1) is 0 Å². The van der Waals surface area contributed by atoms with E-state index >= 15 is 0 Å². The lowest BCUT2D eigenvalue weighted by Crippen LogP contribution is -2.32. The lowest BCUT2D eigenvalue weighted by molar-refractivity contribution is 0.296. The van der Waals surface area contributed by atoms with Gasteiger partial charge >= 0.3 is 0 Å². The summed E-state index contributed by atoms with van der Waals surface area (Å²) in [5.41, 5.74) is 0. The summed E-state index contributed by atoms with van der Waals surface area (Å²) >= 11 is 0. The minimum Gasteiger partial charge on any atom is -0.316 e. The van der Waals surface area contributed by atoms with E-state index in [0.29, 0.717) is 0 Å². The Hall–Kier alpha value is -0.0400. The largest absolute Gasteiger partial charge is 0.316 e. The SMILES string of the molecule is CC.CC(C)[C@H]1CCCNC1. The summed E-state index contributed by atoms with van der Waals surface area (Å²) in [5.74, 6) is 1.82. The van der Waals surface area contributed by atoms with Gasteiger partial charge in [0.05, 0.1) is 0 Å². The van der Waals surface area contributed by atoms with E-state index in [9.17, 15) is 0 Å². The van der Waals surface area contributed by atoms with Crippen molar-refractivity contribution in [3.05, 3.63) is 0 Å². The van der Waals surface area contributed by atoms with Crippen LogP contribution in [0.2, 0.25) is 0 Å². The zero-order valence-corrected chi connectivity index (χ0v) is 8.48. The highest BCUT2D eigenvalue weighted by Gasteiger charge is 2.15. The molecule has 1 aliphatic rings. The fourth-order valence-electron chi connectivity index (χ4n) is 1.45. The van der Waals surface area contributed by atoms with Gasteiger partial charge in [0.25, 0.3) is 0 Å². The van der Waals surface area contributed by atoms with E-state index in [4.69, 9.17) is 0 Å². The van der Waals surface area contributed by atoms with Crippen molar-refractivity contribution < 1.29 is 0 Å². The van der Waals surface area contributed by atoms with Crippen LogP contribution in [0.15, 0.2) is 0 Å². The maximum atomic E-state index is 3.42. The first-order chi connectivity index (χ1) is 5.30. The molecule has 1 heteroatoms. The molecule has 0 unspecified atom stereocenters. The number of piperidine rings is 1. The summed E-state index contributed by atoms with van der Waals surface area (Å²) in [6.07, 6.45) is 2.81. The third-order valence-corrected chi connectivity index (χ3v) is 2.28. The monoisotopic (exact) mass is 157 g/mol. The molecule has 0 radical (unpaired) electrons. The molecule has 0 aromatic rings. The summed E-state index contributed by atoms with van der Waals surface area (Å²) in [6.45, 7) is 11.1. The van der Waals surface area contributed by atoms with Crippen LogP contribution in [0.25, 0.3) is 0 Å². The lowest BCUT2D eigenvalue weighted by Gasteiger charge is -2.25. The van der Waals surface area contributed by atoms with Crippen LogP contribution in [0, 0.1) is 11.8 Å². The first-order valence-corrected chi connectivity index (χ1v) is 5.01. The molecule has 1 fully saturated rings. The van der Waals surface area contributed by atoms with Gasteiger partial charge in [0.2, 0.25) is 0 Å². The van der Waals surface area contributed by atoms with Crippen molar-refractivity contribution in [3.63, 3.8) is 0 Å². The Kier molecular flexibility index (Phi) is 6.63. The predicted octanol–water partition coefficient (Wildman–Crippen LogP) is 2.67. The van der Waals surface area contributed by atoms with E-state index in [2.05, 4.69) is 19.2 Å². The molecule has 1 aliphatic heterocycles. The molecule has 0 amide bonds. The molecule has 0 aliphatic carbocycles. The molecule has 0 saturated carbocycles. The van der Waals surface area contributed by atoms with Gasteiger partial charge in [-0.1, -0.05) is 27.7 Å². The summed E-state index contributed by atoms with van der Waals surface area (Å²) in [7, 11) is 0. The van der Waals surface area contributed by atoms with Gasteiger partial charge in [-0.2, -0.15) is 0 Å². The van der Waals surface area contributed by atoms with Gasteiger partial charge < -0.3 is 5.32 Å². The molecule has 0 aromatic heterocycles. The number of hydrogen-bond acceptors (Lipinski definition) is 1. The molecule has 1 nitrogen and oxygen atoms in total. The molecule has 0 aromatic carbocycles. The fourth-order valence-corrected chi connectivity index (χ4v) is 1.45. The van der Waals surface area contributed by atoms with Crippen molar-refractivity contribution >= 4 is 0 Å². The Morgan fingerprint density at radius 2 is 1.91 bits per heavy atom. The molecular formula is C10H23N. The van der Waals surface area contributed by atoms with E-state index in [0.717, 1.165) is 11.8 Å². The summed E-state index contributed by atoms with van der Waals surface area (Å²) < 4.78 is 0. The molecular weight excluding hydrogens is 134 g/mol. The van der Waals surface area contributed by atoms with Gasteiger partial charge in [0, 0.05) is 0 Å². The van der Waals surface area contributed by atoms with Gasteiger partial charge in [0.15, 0.2) is 0 Å². The van der Waals surface area contributed by atoms with Crippen LogP contribution in [-0.2, 0) is 0 Å². The zero-order valence-electron chi connectivity index (χ0n) is 8.48. The predicted molar refractivity (Wildman–Crippen MR) is 51.8 cm³/mol. The average Bonchev–Trinajstić information content (AvgIpc) is 2.10. The Labute approximate surface area is 71.6 Å². The highest BCUT2D eigenvalue weighted by Crippen LogP contribution is 2.18. The van der Waals surface area contributed by atoms with Crippen LogP contribution in [0.3, 0.4) is 0 Å². The number of nitrogens with one attached hydrogen (secondary N) is 1. The minimum absolute atomic E-state index is 0.873. The van der Waals surface area contributed by atoms with E-state index in [1.807, 2.05) is 13.8 Å². The van der Waals surface area contributed by atoms with Crippen LogP contribution in [0.5, 0.6) is 0 Å². The first kappa shape index (κ1) is 11.0. The van der Waals surface area contributed by atoms with Gasteiger partial charge in [-0.3, -0.25) is 0 Å². The van der Waals surface area contributed by atoms with Crippen molar-refractivity contribution in [1.82, 2.24) is 5.32 Å². The molecule has 1 heterocycles. The quantitative estimate of drug-likeness (QED) is 0.617. The van der Waals surface area contributed by atoms with Crippen molar-refractivity contribution in [1.29, 1.82) is 0 Å². The Balaban J connectivity index is 0.000000461. The van der Waals surface area contributed by atoms with E-state index < -0.39 is 0 Å². The third-order valence-electron chi connectivity index (χ3n) is 2.28. The molecule has 1 N–H and O–H groups in total. The number of hydrogen-bond donors (Lipinski definition) is 1. The Morgan fingerprint density at radius 3 is 2.18 bits per heavy atom. The highest BCUT2D eigenvalue weighted by molar-refractivity contribution is 4.70. The van der Waals surface area contributed by atoms with E-state index in [1.54, 1.807) is 0 Å². The van der Waals surface area contributed by atoms with Gasteiger partial charge in [-0.05, 0) is 37.8 Å². The second-order valence-corrected chi connectivity index (χ2v) is 3.35. The van der Waals surface area contributed by atoms with E-state index in [-0.39, 0.29) is 0 Å². The molecule has 68 valence electrons. The normalized spacial score (nSPS) is 24.3. The average molecular weight is 157 g/mol. The molecule has 0 spiro atoms.